The number of para-hydroxylation sites is 2. The number of benzene rings is 3. The summed E-state index contributed by atoms with van der Waals surface area (Å²) >= 11 is 0. The third-order valence-corrected chi connectivity index (χ3v) is 4.62. The molecule has 0 aromatic heterocycles. The van der Waals surface area contributed by atoms with E-state index in [0.29, 0.717) is 34.2 Å². The van der Waals surface area contributed by atoms with Crippen molar-refractivity contribution < 1.29 is 14.3 Å². The first-order valence-corrected chi connectivity index (χ1v) is 9.91. The van der Waals surface area contributed by atoms with Crippen molar-refractivity contribution in [1.29, 1.82) is 0 Å². The first-order chi connectivity index (χ1) is 14.5. The highest BCUT2D eigenvalue weighted by molar-refractivity contribution is 6.06. The van der Waals surface area contributed by atoms with Gasteiger partial charge >= 0.3 is 0 Å². The van der Waals surface area contributed by atoms with Gasteiger partial charge in [-0.05, 0) is 66.4 Å². The van der Waals surface area contributed by atoms with Crippen molar-refractivity contribution in [2.75, 3.05) is 17.7 Å². The first-order valence-electron chi connectivity index (χ1n) is 9.91. The molecule has 0 aliphatic rings. The van der Waals surface area contributed by atoms with Gasteiger partial charge in [-0.1, -0.05) is 38.1 Å². The smallest absolute Gasteiger partial charge is 0.255 e. The Kier molecular flexibility index (Phi) is 6.86. The number of ether oxygens (including phenoxy) is 1. The van der Waals surface area contributed by atoms with Crippen LogP contribution < -0.4 is 15.4 Å². The first kappa shape index (κ1) is 21.1. The van der Waals surface area contributed by atoms with E-state index in [4.69, 9.17) is 4.74 Å². The van der Waals surface area contributed by atoms with Gasteiger partial charge in [0.25, 0.3) is 11.8 Å². The fourth-order valence-corrected chi connectivity index (χ4v) is 3.11. The summed E-state index contributed by atoms with van der Waals surface area (Å²) in [6.45, 7) is 4.34. The van der Waals surface area contributed by atoms with Gasteiger partial charge in [0.2, 0.25) is 0 Å². The van der Waals surface area contributed by atoms with Crippen LogP contribution in [0.4, 0.5) is 11.4 Å². The quantitative estimate of drug-likeness (QED) is 0.556. The molecule has 3 aromatic rings. The molecule has 0 aliphatic heterocycles. The Balaban J connectivity index is 1.62. The van der Waals surface area contributed by atoms with E-state index in [1.807, 2.05) is 36.4 Å². The van der Waals surface area contributed by atoms with E-state index in [2.05, 4.69) is 24.5 Å². The van der Waals surface area contributed by atoms with Crippen molar-refractivity contribution in [3.63, 3.8) is 0 Å². The van der Waals surface area contributed by atoms with Gasteiger partial charge in [0.1, 0.15) is 5.75 Å². The van der Waals surface area contributed by atoms with Gasteiger partial charge in [-0.25, -0.2) is 0 Å². The fraction of sp³-hybridized carbons (Fsp3) is 0.200. The average molecular weight is 402 g/mol. The Morgan fingerprint density at radius 1 is 0.800 bits per heavy atom. The van der Waals surface area contributed by atoms with Gasteiger partial charge in [0.15, 0.2) is 0 Å². The lowest BCUT2D eigenvalue weighted by molar-refractivity contribution is 0.101. The highest BCUT2D eigenvalue weighted by Crippen LogP contribution is 2.24. The van der Waals surface area contributed by atoms with Crippen LogP contribution in [0, 0.1) is 5.92 Å². The molecule has 5 heteroatoms. The fourth-order valence-electron chi connectivity index (χ4n) is 3.11. The van der Waals surface area contributed by atoms with Crippen molar-refractivity contribution in [2.24, 2.45) is 5.92 Å². The molecule has 0 saturated heterocycles. The molecular weight excluding hydrogens is 376 g/mol. The van der Waals surface area contributed by atoms with Crippen LogP contribution in [-0.4, -0.2) is 18.9 Å². The van der Waals surface area contributed by atoms with E-state index in [-0.39, 0.29) is 11.8 Å². The second-order valence-corrected chi connectivity index (χ2v) is 7.48. The van der Waals surface area contributed by atoms with Gasteiger partial charge in [-0.15, -0.1) is 0 Å². The summed E-state index contributed by atoms with van der Waals surface area (Å²) in [6.07, 6.45) is 0.986. The molecule has 3 rings (SSSR count). The highest BCUT2D eigenvalue weighted by atomic mass is 16.5. The van der Waals surface area contributed by atoms with Crippen LogP contribution in [0.3, 0.4) is 0 Å². The Hall–Kier alpha value is -3.60. The molecule has 0 spiro atoms. The molecule has 2 amide bonds. The van der Waals surface area contributed by atoms with Crippen molar-refractivity contribution in [1.82, 2.24) is 0 Å². The van der Waals surface area contributed by atoms with Gasteiger partial charge in [-0.3, -0.25) is 9.59 Å². The predicted octanol–water partition coefficient (Wildman–Crippen LogP) is 5.40. The largest absolute Gasteiger partial charge is 0.495 e. The summed E-state index contributed by atoms with van der Waals surface area (Å²) in [4.78, 5) is 25.0. The number of nitrogens with one attached hydrogen (secondary N) is 2. The van der Waals surface area contributed by atoms with Crippen LogP contribution >= 0.6 is 0 Å². The maximum atomic E-state index is 12.5. The van der Waals surface area contributed by atoms with E-state index in [1.165, 1.54) is 5.56 Å². The molecule has 30 heavy (non-hydrogen) atoms. The van der Waals surface area contributed by atoms with Crippen molar-refractivity contribution in [3.05, 3.63) is 89.5 Å². The SMILES string of the molecule is COc1ccccc1NC(=O)c1ccc(NC(=O)c2ccc(CC(C)C)cc2)cc1. The number of hydrogen-bond acceptors (Lipinski definition) is 3. The minimum Gasteiger partial charge on any atom is -0.495 e. The molecule has 2 N–H and O–H groups in total. The zero-order valence-electron chi connectivity index (χ0n) is 17.4. The molecular formula is C25H26N2O3. The molecule has 0 radical (unpaired) electrons. The van der Waals surface area contributed by atoms with Gasteiger partial charge in [0, 0.05) is 16.8 Å². The Bertz CT molecular complexity index is 1010. The summed E-state index contributed by atoms with van der Waals surface area (Å²) in [5, 5.41) is 5.69. The molecule has 0 unspecified atom stereocenters. The molecule has 3 aromatic carbocycles. The molecule has 154 valence electrons. The minimum absolute atomic E-state index is 0.183. The van der Waals surface area contributed by atoms with Gasteiger partial charge < -0.3 is 15.4 Å². The Morgan fingerprint density at radius 2 is 1.37 bits per heavy atom. The molecule has 5 nitrogen and oxygen atoms in total. The zero-order chi connectivity index (χ0) is 21.5. The van der Waals surface area contributed by atoms with Crippen LogP contribution in [0.25, 0.3) is 0 Å². The van der Waals surface area contributed by atoms with Gasteiger partial charge in [-0.2, -0.15) is 0 Å². The number of hydrogen-bond donors (Lipinski definition) is 2. The second-order valence-electron chi connectivity index (χ2n) is 7.48. The summed E-state index contributed by atoms with van der Waals surface area (Å²) in [5.74, 6) is 0.730. The Labute approximate surface area is 177 Å². The average Bonchev–Trinajstić information content (AvgIpc) is 2.74. The summed E-state index contributed by atoms with van der Waals surface area (Å²) < 4.78 is 5.25. The molecule has 0 atom stereocenters. The van der Waals surface area contributed by atoms with Crippen molar-refractivity contribution >= 4 is 23.2 Å². The van der Waals surface area contributed by atoms with Gasteiger partial charge in [0.05, 0.1) is 12.8 Å². The zero-order valence-corrected chi connectivity index (χ0v) is 17.4. The number of amides is 2. The van der Waals surface area contributed by atoms with Crippen molar-refractivity contribution in [2.45, 2.75) is 20.3 Å². The third kappa shape index (κ3) is 5.47. The number of carbonyl (C=O) groups excluding carboxylic acids is 2. The summed E-state index contributed by atoms with van der Waals surface area (Å²) in [7, 11) is 1.56. The topological polar surface area (TPSA) is 67.4 Å². The standard InChI is InChI=1S/C25H26N2O3/c1-17(2)16-18-8-10-19(11-9-18)24(28)26-21-14-12-20(13-15-21)25(29)27-22-6-4-5-7-23(22)30-3/h4-15,17H,16H2,1-3H3,(H,26,28)(H,27,29). The highest BCUT2D eigenvalue weighted by Gasteiger charge is 2.11. The number of anilines is 2. The van der Waals surface area contributed by atoms with Crippen LogP contribution in [0.2, 0.25) is 0 Å². The predicted molar refractivity (Wildman–Crippen MR) is 120 cm³/mol. The normalized spacial score (nSPS) is 10.5. The molecule has 0 bridgehead atoms. The number of rotatable bonds is 7. The van der Waals surface area contributed by atoms with E-state index >= 15 is 0 Å². The lowest BCUT2D eigenvalue weighted by atomic mass is 10.0. The third-order valence-electron chi connectivity index (χ3n) is 4.62. The minimum atomic E-state index is -0.252. The summed E-state index contributed by atoms with van der Waals surface area (Å²) in [6, 6.07) is 21.6. The maximum Gasteiger partial charge on any atom is 0.255 e. The number of carbonyl (C=O) groups is 2. The molecule has 0 aliphatic carbocycles. The van der Waals surface area contributed by atoms with Crippen molar-refractivity contribution in [3.8, 4) is 5.75 Å². The number of methoxy groups -OCH3 is 1. The van der Waals surface area contributed by atoms with Crippen LogP contribution in [0.15, 0.2) is 72.8 Å². The monoisotopic (exact) mass is 402 g/mol. The maximum absolute atomic E-state index is 12.5. The molecule has 0 saturated carbocycles. The lowest BCUT2D eigenvalue weighted by Gasteiger charge is -2.11. The second kappa shape index (κ2) is 9.74. The summed E-state index contributed by atoms with van der Waals surface area (Å²) in [5.41, 5.74) is 3.52. The Morgan fingerprint density at radius 3 is 1.97 bits per heavy atom. The van der Waals surface area contributed by atoms with E-state index < -0.39 is 0 Å². The van der Waals surface area contributed by atoms with Crippen LogP contribution in [0.5, 0.6) is 5.75 Å². The van der Waals surface area contributed by atoms with E-state index in [1.54, 1.807) is 43.5 Å². The van der Waals surface area contributed by atoms with Crippen LogP contribution in [0.1, 0.15) is 40.1 Å². The molecule has 0 heterocycles. The van der Waals surface area contributed by atoms with E-state index in [9.17, 15) is 9.59 Å². The van der Waals surface area contributed by atoms with Crippen LogP contribution in [-0.2, 0) is 6.42 Å². The lowest BCUT2D eigenvalue weighted by Crippen LogP contribution is -2.14. The molecule has 0 fully saturated rings. The van der Waals surface area contributed by atoms with E-state index in [0.717, 1.165) is 6.42 Å².